The minimum Gasteiger partial charge on any atom is -0.466 e. The highest BCUT2D eigenvalue weighted by molar-refractivity contribution is 6.04. The fraction of sp³-hybridized carbons (Fsp3) is 0.400. The van der Waals surface area contributed by atoms with Crippen LogP contribution < -0.4 is 5.32 Å². The average Bonchev–Trinajstić information content (AvgIpc) is 2.98. The summed E-state index contributed by atoms with van der Waals surface area (Å²) in [5.41, 5.74) is 1.69. The summed E-state index contributed by atoms with van der Waals surface area (Å²) in [5.74, 6) is -0.597. The van der Waals surface area contributed by atoms with Gasteiger partial charge in [0, 0.05) is 13.0 Å². The standard InChI is InChI=1S/C15H18N2O4/c1-2-20-14(18)8-9-16-15(19)13-10-12(17-21-13)11-6-4-3-5-7-11/h3-7,13H,2,8-10H2,1H3,(H,16,19). The Morgan fingerprint density at radius 1 is 1.38 bits per heavy atom. The SMILES string of the molecule is CCOC(=O)CCNC(=O)C1CC(c2ccccc2)=NO1. The highest BCUT2D eigenvalue weighted by Gasteiger charge is 2.28. The lowest BCUT2D eigenvalue weighted by molar-refractivity contribution is -0.143. The topological polar surface area (TPSA) is 77.0 Å². The molecule has 1 unspecified atom stereocenters. The lowest BCUT2D eigenvalue weighted by Gasteiger charge is -2.09. The van der Waals surface area contributed by atoms with Gasteiger partial charge in [0.2, 0.25) is 6.10 Å². The van der Waals surface area contributed by atoms with Crippen molar-refractivity contribution in [3.8, 4) is 0 Å². The van der Waals surface area contributed by atoms with Crippen LogP contribution in [0.25, 0.3) is 0 Å². The summed E-state index contributed by atoms with van der Waals surface area (Å²) in [6, 6.07) is 9.57. The van der Waals surface area contributed by atoms with Crippen LogP contribution in [0.5, 0.6) is 0 Å². The van der Waals surface area contributed by atoms with Gasteiger partial charge in [-0.2, -0.15) is 0 Å². The second-order valence-electron chi connectivity index (χ2n) is 4.55. The molecule has 6 nitrogen and oxygen atoms in total. The molecule has 0 saturated carbocycles. The van der Waals surface area contributed by atoms with E-state index in [9.17, 15) is 9.59 Å². The van der Waals surface area contributed by atoms with Crippen LogP contribution in [0, 0.1) is 0 Å². The molecule has 0 bridgehead atoms. The molecular formula is C15H18N2O4. The van der Waals surface area contributed by atoms with Crippen LogP contribution in [-0.2, 0) is 19.2 Å². The van der Waals surface area contributed by atoms with Crippen molar-refractivity contribution in [2.75, 3.05) is 13.2 Å². The average molecular weight is 290 g/mol. The van der Waals surface area contributed by atoms with Gasteiger partial charge < -0.3 is 14.9 Å². The summed E-state index contributed by atoms with van der Waals surface area (Å²) in [5, 5.41) is 6.59. The van der Waals surface area contributed by atoms with E-state index in [4.69, 9.17) is 9.57 Å². The number of nitrogens with zero attached hydrogens (tertiary/aromatic N) is 1. The molecule has 1 heterocycles. The zero-order chi connectivity index (χ0) is 15.1. The maximum Gasteiger partial charge on any atom is 0.307 e. The van der Waals surface area contributed by atoms with Crippen molar-refractivity contribution < 1.29 is 19.2 Å². The van der Waals surface area contributed by atoms with Gasteiger partial charge >= 0.3 is 5.97 Å². The van der Waals surface area contributed by atoms with Crippen molar-refractivity contribution in [3.05, 3.63) is 35.9 Å². The molecule has 0 spiro atoms. The van der Waals surface area contributed by atoms with Gasteiger partial charge in [-0.05, 0) is 12.5 Å². The molecule has 0 radical (unpaired) electrons. The first-order chi connectivity index (χ1) is 10.2. The molecule has 6 heteroatoms. The maximum absolute atomic E-state index is 11.9. The molecule has 0 aromatic heterocycles. The number of hydrogen-bond acceptors (Lipinski definition) is 5. The molecule has 21 heavy (non-hydrogen) atoms. The number of esters is 1. The number of hydrogen-bond donors (Lipinski definition) is 1. The molecule has 0 saturated heterocycles. The number of amides is 1. The van der Waals surface area contributed by atoms with E-state index >= 15 is 0 Å². The van der Waals surface area contributed by atoms with Gasteiger partial charge in [-0.3, -0.25) is 9.59 Å². The third-order valence-electron chi connectivity index (χ3n) is 3.00. The van der Waals surface area contributed by atoms with Crippen LogP contribution in [0.2, 0.25) is 0 Å². The summed E-state index contributed by atoms with van der Waals surface area (Å²) >= 11 is 0. The van der Waals surface area contributed by atoms with Gasteiger partial charge in [-0.25, -0.2) is 0 Å². The normalized spacial score (nSPS) is 16.8. The van der Waals surface area contributed by atoms with Crippen molar-refractivity contribution >= 4 is 17.6 Å². The molecule has 112 valence electrons. The number of benzene rings is 1. The lowest BCUT2D eigenvalue weighted by Crippen LogP contribution is -2.36. The molecule has 1 aliphatic heterocycles. The summed E-state index contributed by atoms with van der Waals surface area (Å²) in [6.07, 6.45) is -0.0593. The van der Waals surface area contributed by atoms with Crippen molar-refractivity contribution in [2.45, 2.75) is 25.9 Å². The number of ether oxygens (including phenoxy) is 1. The van der Waals surface area contributed by atoms with E-state index < -0.39 is 6.10 Å². The fourth-order valence-corrected chi connectivity index (χ4v) is 1.95. The van der Waals surface area contributed by atoms with Crippen LogP contribution in [0.3, 0.4) is 0 Å². The van der Waals surface area contributed by atoms with Gasteiger partial charge in [-0.15, -0.1) is 0 Å². The quantitative estimate of drug-likeness (QED) is 0.800. The summed E-state index contributed by atoms with van der Waals surface area (Å²) in [6.45, 7) is 2.32. The zero-order valence-corrected chi connectivity index (χ0v) is 11.9. The van der Waals surface area contributed by atoms with E-state index in [0.29, 0.717) is 13.0 Å². The molecular weight excluding hydrogens is 272 g/mol. The molecule has 1 aromatic rings. The van der Waals surface area contributed by atoms with Gasteiger partial charge in [0.25, 0.3) is 5.91 Å². The van der Waals surface area contributed by atoms with Crippen molar-refractivity contribution in [2.24, 2.45) is 5.16 Å². The summed E-state index contributed by atoms with van der Waals surface area (Å²) < 4.78 is 4.78. The van der Waals surface area contributed by atoms with Crippen LogP contribution >= 0.6 is 0 Å². The van der Waals surface area contributed by atoms with Crippen LogP contribution in [-0.4, -0.2) is 36.8 Å². The minimum absolute atomic E-state index is 0.151. The number of carbonyl (C=O) groups is 2. The molecule has 0 fully saturated rings. The van der Waals surface area contributed by atoms with Crippen LogP contribution in [0.1, 0.15) is 25.3 Å². The van der Waals surface area contributed by atoms with Gasteiger partial charge in [0.05, 0.1) is 18.7 Å². The lowest BCUT2D eigenvalue weighted by atomic mass is 10.0. The third-order valence-corrected chi connectivity index (χ3v) is 3.00. The Bertz CT molecular complexity index is 528. The summed E-state index contributed by atoms with van der Waals surface area (Å²) in [7, 11) is 0. The van der Waals surface area contributed by atoms with E-state index in [-0.39, 0.29) is 24.8 Å². The van der Waals surface area contributed by atoms with Gasteiger partial charge in [0.1, 0.15) is 0 Å². The first-order valence-electron chi connectivity index (χ1n) is 6.92. The number of carbonyl (C=O) groups excluding carboxylic acids is 2. The Morgan fingerprint density at radius 2 is 2.14 bits per heavy atom. The van der Waals surface area contributed by atoms with Crippen molar-refractivity contribution in [1.82, 2.24) is 5.32 Å². The molecule has 1 amide bonds. The molecule has 1 atom stereocenters. The van der Waals surface area contributed by atoms with Crippen LogP contribution in [0.15, 0.2) is 35.5 Å². The van der Waals surface area contributed by atoms with E-state index in [1.807, 2.05) is 30.3 Å². The highest BCUT2D eigenvalue weighted by Crippen LogP contribution is 2.16. The molecule has 1 N–H and O–H groups in total. The van der Waals surface area contributed by atoms with Crippen molar-refractivity contribution in [1.29, 1.82) is 0 Å². The fourth-order valence-electron chi connectivity index (χ4n) is 1.95. The minimum atomic E-state index is -0.637. The Morgan fingerprint density at radius 3 is 2.86 bits per heavy atom. The first-order valence-corrected chi connectivity index (χ1v) is 6.92. The number of nitrogens with one attached hydrogen (secondary N) is 1. The third kappa shape index (κ3) is 4.30. The predicted octanol–water partition coefficient (Wildman–Crippen LogP) is 1.25. The smallest absolute Gasteiger partial charge is 0.307 e. The maximum atomic E-state index is 11.9. The second kappa shape index (κ2) is 7.42. The molecule has 1 aromatic carbocycles. The van der Waals surface area contributed by atoms with E-state index in [2.05, 4.69) is 10.5 Å². The van der Waals surface area contributed by atoms with Gasteiger partial charge in [-0.1, -0.05) is 35.5 Å². The summed E-state index contributed by atoms with van der Waals surface area (Å²) in [4.78, 5) is 28.2. The van der Waals surface area contributed by atoms with Crippen molar-refractivity contribution in [3.63, 3.8) is 0 Å². The van der Waals surface area contributed by atoms with E-state index in [1.165, 1.54) is 0 Å². The number of rotatable bonds is 6. The Kier molecular flexibility index (Phi) is 5.31. The number of oxime groups is 1. The second-order valence-corrected chi connectivity index (χ2v) is 4.55. The Balaban J connectivity index is 1.75. The molecule has 1 aliphatic rings. The van der Waals surface area contributed by atoms with E-state index in [1.54, 1.807) is 6.92 Å². The Labute approximate surface area is 123 Å². The Hall–Kier alpha value is -2.37. The van der Waals surface area contributed by atoms with Gasteiger partial charge in [0.15, 0.2) is 0 Å². The largest absolute Gasteiger partial charge is 0.466 e. The highest BCUT2D eigenvalue weighted by atomic mass is 16.6. The van der Waals surface area contributed by atoms with E-state index in [0.717, 1.165) is 11.3 Å². The van der Waals surface area contributed by atoms with Crippen LogP contribution in [0.4, 0.5) is 0 Å². The first kappa shape index (κ1) is 15.0. The molecule has 2 rings (SSSR count). The zero-order valence-electron chi connectivity index (χ0n) is 11.9. The monoisotopic (exact) mass is 290 g/mol. The molecule has 0 aliphatic carbocycles. The predicted molar refractivity (Wildman–Crippen MR) is 76.7 cm³/mol.